The quantitative estimate of drug-likeness (QED) is 0.171. The fourth-order valence-corrected chi connectivity index (χ4v) is 4.39. The van der Waals surface area contributed by atoms with E-state index in [0.717, 1.165) is 31.5 Å². The molecule has 0 atom stereocenters. The molecule has 0 aromatic heterocycles. The third kappa shape index (κ3) is 6.45. The zero-order chi connectivity index (χ0) is 19.4. The first-order chi connectivity index (χ1) is 13.8. The Balaban J connectivity index is 1.90. The zero-order valence-corrected chi connectivity index (χ0v) is 16.9. The van der Waals surface area contributed by atoms with Crippen LogP contribution < -0.4 is 0 Å². The van der Waals surface area contributed by atoms with E-state index in [-0.39, 0.29) is 0 Å². The highest BCUT2D eigenvalue weighted by atomic mass is 32.2. The molecule has 3 heteroatoms. The first kappa shape index (κ1) is 20.0. The molecular weight excluding hydrogens is 380 g/mol. The summed E-state index contributed by atoms with van der Waals surface area (Å²) in [6.45, 7) is 0. The number of hydrogen-bond acceptors (Lipinski definition) is 3. The highest BCUT2D eigenvalue weighted by Crippen LogP contribution is 2.40. The van der Waals surface area contributed by atoms with Crippen molar-refractivity contribution < 1.29 is 4.79 Å². The summed E-state index contributed by atoms with van der Waals surface area (Å²) in [6.07, 6.45) is 8.65. The van der Waals surface area contributed by atoms with E-state index in [2.05, 4.69) is 36.4 Å². The molecular formula is C25H20OS2. The number of benzene rings is 3. The van der Waals surface area contributed by atoms with Gasteiger partial charge in [-0.25, -0.2) is 0 Å². The molecule has 0 saturated heterocycles. The highest BCUT2D eigenvalue weighted by Gasteiger charge is 2.09. The standard InChI is InChI=1S/C25H20OS2/c26-20-19-25(28-23-16-8-3-9-17-23)24(27-22-14-6-2-7-15-22)18-10-13-21-11-4-1-5-12-21/h1-20H/b13-10+,24-18+,25-19-. The van der Waals surface area contributed by atoms with E-state index in [1.807, 2.05) is 72.8 Å². The van der Waals surface area contributed by atoms with Gasteiger partial charge in [-0.1, -0.05) is 102 Å². The van der Waals surface area contributed by atoms with E-state index >= 15 is 0 Å². The lowest BCUT2D eigenvalue weighted by Gasteiger charge is -2.11. The van der Waals surface area contributed by atoms with Crippen molar-refractivity contribution in [2.24, 2.45) is 0 Å². The fraction of sp³-hybridized carbons (Fsp3) is 0. The fourth-order valence-electron chi connectivity index (χ4n) is 2.44. The molecule has 3 aromatic carbocycles. The summed E-state index contributed by atoms with van der Waals surface area (Å²) < 4.78 is 0. The number of rotatable bonds is 8. The third-order valence-corrected chi connectivity index (χ3v) is 6.04. The predicted molar refractivity (Wildman–Crippen MR) is 122 cm³/mol. The highest BCUT2D eigenvalue weighted by molar-refractivity contribution is 8.08. The summed E-state index contributed by atoms with van der Waals surface area (Å²) in [4.78, 5) is 15.5. The van der Waals surface area contributed by atoms with Crippen molar-refractivity contribution >= 4 is 35.9 Å². The Bertz CT molecular complexity index is 959. The predicted octanol–water partition coefficient (Wildman–Crippen LogP) is 7.25. The van der Waals surface area contributed by atoms with Gasteiger partial charge >= 0.3 is 0 Å². The van der Waals surface area contributed by atoms with Crippen LogP contribution in [-0.2, 0) is 4.79 Å². The molecule has 0 aliphatic rings. The normalized spacial score (nSPS) is 12.3. The maximum atomic E-state index is 11.3. The van der Waals surface area contributed by atoms with Gasteiger partial charge in [-0.2, -0.15) is 0 Å². The van der Waals surface area contributed by atoms with Crippen LogP contribution in [0, 0.1) is 0 Å². The smallest absolute Gasteiger partial charge is 0.144 e. The number of carbonyl (C=O) groups is 1. The van der Waals surface area contributed by atoms with Crippen molar-refractivity contribution in [1.29, 1.82) is 0 Å². The van der Waals surface area contributed by atoms with Gasteiger partial charge in [-0.3, -0.25) is 4.79 Å². The summed E-state index contributed by atoms with van der Waals surface area (Å²) in [7, 11) is 0. The maximum Gasteiger partial charge on any atom is 0.144 e. The molecule has 0 aliphatic carbocycles. The molecule has 0 bridgehead atoms. The van der Waals surface area contributed by atoms with Gasteiger partial charge in [0, 0.05) is 19.6 Å². The Hall–Kier alpha value is -2.75. The third-order valence-electron chi connectivity index (χ3n) is 3.74. The van der Waals surface area contributed by atoms with E-state index in [4.69, 9.17) is 0 Å². The van der Waals surface area contributed by atoms with E-state index in [0.29, 0.717) is 0 Å². The molecule has 0 aliphatic heterocycles. The lowest BCUT2D eigenvalue weighted by Crippen LogP contribution is -1.85. The topological polar surface area (TPSA) is 17.1 Å². The molecule has 0 heterocycles. The average Bonchev–Trinajstić information content (AvgIpc) is 2.75. The van der Waals surface area contributed by atoms with Crippen molar-refractivity contribution in [2.75, 3.05) is 0 Å². The molecule has 0 radical (unpaired) electrons. The van der Waals surface area contributed by atoms with Crippen molar-refractivity contribution in [1.82, 2.24) is 0 Å². The summed E-state index contributed by atoms with van der Waals surface area (Å²) in [5.74, 6) is 0. The summed E-state index contributed by atoms with van der Waals surface area (Å²) >= 11 is 3.25. The molecule has 28 heavy (non-hydrogen) atoms. The Morgan fingerprint density at radius 1 is 0.607 bits per heavy atom. The molecule has 3 aromatic rings. The molecule has 0 amide bonds. The summed E-state index contributed by atoms with van der Waals surface area (Å²) in [6, 6.07) is 30.5. The van der Waals surface area contributed by atoms with Gasteiger partial charge in [0.15, 0.2) is 0 Å². The summed E-state index contributed by atoms with van der Waals surface area (Å²) in [5.41, 5.74) is 1.14. The van der Waals surface area contributed by atoms with E-state index in [1.54, 1.807) is 29.6 Å². The zero-order valence-electron chi connectivity index (χ0n) is 15.3. The van der Waals surface area contributed by atoms with Gasteiger partial charge in [0.25, 0.3) is 0 Å². The molecule has 0 fully saturated rings. The van der Waals surface area contributed by atoms with Crippen LogP contribution in [0.5, 0.6) is 0 Å². The van der Waals surface area contributed by atoms with Crippen LogP contribution in [0.1, 0.15) is 5.56 Å². The van der Waals surface area contributed by atoms with Gasteiger partial charge < -0.3 is 0 Å². The molecule has 0 saturated carbocycles. The first-order valence-electron chi connectivity index (χ1n) is 8.90. The van der Waals surface area contributed by atoms with E-state index in [1.165, 1.54) is 0 Å². The van der Waals surface area contributed by atoms with Crippen molar-refractivity contribution in [3.8, 4) is 0 Å². The van der Waals surface area contributed by atoms with Gasteiger partial charge in [0.05, 0.1) is 0 Å². The van der Waals surface area contributed by atoms with Crippen LogP contribution >= 0.6 is 23.5 Å². The lowest BCUT2D eigenvalue weighted by atomic mass is 10.2. The molecule has 138 valence electrons. The molecule has 1 nitrogen and oxygen atoms in total. The Labute approximate surface area is 174 Å². The number of carbonyl (C=O) groups excluding carboxylic acids is 1. The van der Waals surface area contributed by atoms with Crippen molar-refractivity contribution in [3.05, 3.63) is 125 Å². The summed E-state index contributed by atoms with van der Waals surface area (Å²) in [5, 5.41) is 0. The van der Waals surface area contributed by atoms with Crippen LogP contribution in [0.4, 0.5) is 0 Å². The number of hydrogen-bond donors (Lipinski definition) is 0. The second-order valence-corrected chi connectivity index (χ2v) is 8.03. The van der Waals surface area contributed by atoms with Crippen LogP contribution in [0.25, 0.3) is 6.08 Å². The van der Waals surface area contributed by atoms with Gasteiger partial charge in [-0.05, 0) is 42.0 Å². The molecule has 0 unspecified atom stereocenters. The lowest BCUT2D eigenvalue weighted by molar-refractivity contribution is -0.104. The van der Waals surface area contributed by atoms with Crippen LogP contribution in [0.15, 0.2) is 129 Å². The molecule has 0 N–H and O–H groups in total. The van der Waals surface area contributed by atoms with Crippen LogP contribution in [0.3, 0.4) is 0 Å². The van der Waals surface area contributed by atoms with Gasteiger partial charge in [-0.15, -0.1) is 0 Å². The number of aldehydes is 1. The van der Waals surface area contributed by atoms with E-state index in [9.17, 15) is 4.79 Å². The van der Waals surface area contributed by atoms with Crippen LogP contribution in [0.2, 0.25) is 0 Å². The molecule has 0 spiro atoms. The maximum absolute atomic E-state index is 11.3. The van der Waals surface area contributed by atoms with Crippen molar-refractivity contribution in [3.63, 3.8) is 0 Å². The van der Waals surface area contributed by atoms with Crippen molar-refractivity contribution in [2.45, 2.75) is 9.79 Å². The Morgan fingerprint density at radius 2 is 1.07 bits per heavy atom. The van der Waals surface area contributed by atoms with Gasteiger partial charge in [0.1, 0.15) is 6.29 Å². The minimum Gasteiger partial charge on any atom is -0.299 e. The van der Waals surface area contributed by atoms with E-state index < -0.39 is 0 Å². The average molecular weight is 401 g/mol. The molecule has 3 rings (SSSR count). The SMILES string of the molecule is O=C/C=C(Sc1ccccc1)/C(=C\C=C\c1ccccc1)Sc1ccccc1. The van der Waals surface area contributed by atoms with Crippen LogP contribution in [-0.4, -0.2) is 6.29 Å². The number of thioether (sulfide) groups is 2. The number of allylic oxidation sites excluding steroid dienone is 3. The second-order valence-electron chi connectivity index (χ2n) is 5.80. The largest absolute Gasteiger partial charge is 0.299 e. The first-order valence-corrected chi connectivity index (χ1v) is 10.5. The van der Waals surface area contributed by atoms with Gasteiger partial charge in [0.2, 0.25) is 0 Å². The minimum atomic E-state index is 0.853. The minimum absolute atomic E-state index is 0.853. The Kier molecular flexibility index (Phi) is 7.98. The Morgan fingerprint density at radius 3 is 1.57 bits per heavy atom. The monoisotopic (exact) mass is 400 g/mol. The second kappa shape index (κ2) is 11.2.